The SMILES string of the molecule is COc1cccc(-c2nc(C(=O)N3CCCC3C(=O)O)c(C)[nH]2)c1. The first kappa shape index (κ1) is 16.0. The minimum Gasteiger partial charge on any atom is -0.497 e. The number of imidazole rings is 1. The van der Waals surface area contributed by atoms with Crippen molar-refractivity contribution in [3.63, 3.8) is 0 Å². The van der Waals surface area contributed by atoms with Crippen molar-refractivity contribution >= 4 is 11.9 Å². The van der Waals surface area contributed by atoms with E-state index in [0.29, 0.717) is 36.7 Å². The number of nitrogens with one attached hydrogen (secondary N) is 1. The van der Waals surface area contributed by atoms with Gasteiger partial charge in [-0.3, -0.25) is 4.79 Å². The Morgan fingerprint density at radius 2 is 2.21 bits per heavy atom. The number of aliphatic carboxylic acids is 1. The minimum absolute atomic E-state index is 0.265. The van der Waals surface area contributed by atoms with E-state index in [0.717, 1.165) is 5.56 Å². The quantitative estimate of drug-likeness (QED) is 0.895. The zero-order valence-electron chi connectivity index (χ0n) is 13.6. The molecule has 2 N–H and O–H groups in total. The largest absolute Gasteiger partial charge is 0.497 e. The lowest BCUT2D eigenvalue weighted by molar-refractivity contribution is -0.141. The van der Waals surface area contributed by atoms with E-state index in [1.54, 1.807) is 14.0 Å². The van der Waals surface area contributed by atoms with Gasteiger partial charge in [0.1, 0.15) is 23.3 Å². The summed E-state index contributed by atoms with van der Waals surface area (Å²) in [6.45, 7) is 2.20. The van der Waals surface area contributed by atoms with Crippen LogP contribution in [0.1, 0.15) is 29.0 Å². The summed E-state index contributed by atoms with van der Waals surface area (Å²) < 4.78 is 5.20. The van der Waals surface area contributed by atoms with Crippen molar-refractivity contribution in [2.75, 3.05) is 13.7 Å². The molecule has 1 amide bonds. The van der Waals surface area contributed by atoms with Gasteiger partial charge >= 0.3 is 5.97 Å². The predicted molar refractivity (Wildman–Crippen MR) is 87.0 cm³/mol. The maximum absolute atomic E-state index is 12.7. The Kier molecular flexibility index (Phi) is 4.24. The Hall–Kier alpha value is -2.83. The van der Waals surface area contributed by atoms with Crippen LogP contribution in [0.2, 0.25) is 0 Å². The molecule has 1 aliphatic heterocycles. The summed E-state index contributed by atoms with van der Waals surface area (Å²) in [5.74, 6) is -0.0643. The molecule has 7 nitrogen and oxygen atoms in total. The summed E-state index contributed by atoms with van der Waals surface area (Å²) in [4.78, 5) is 32.9. The van der Waals surface area contributed by atoms with E-state index in [9.17, 15) is 14.7 Å². The van der Waals surface area contributed by atoms with Crippen molar-refractivity contribution in [3.05, 3.63) is 35.7 Å². The molecule has 2 aromatic rings. The lowest BCUT2D eigenvalue weighted by Gasteiger charge is -2.20. The van der Waals surface area contributed by atoms with Crippen molar-refractivity contribution in [1.29, 1.82) is 0 Å². The van der Waals surface area contributed by atoms with Crippen LogP contribution in [0.5, 0.6) is 5.75 Å². The van der Waals surface area contributed by atoms with Crippen LogP contribution in [0.25, 0.3) is 11.4 Å². The highest BCUT2D eigenvalue weighted by molar-refractivity contribution is 5.96. The molecule has 0 radical (unpaired) electrons. The van der Waals surface area contributed by atoms with Crippen LogP contribution in [-0.2, 0) is 4.79 Å². The van der Waals surface area contributed by atoms with Gasteiger partial charge in [-0.1, -0.05) is 12.1 Å². The third kappa shape index (κ3) is 2.84. The number of rotatable bonds is 4. The third-order valence-corrected chi connectivity index (χ3v) is 4.23. The van der Waals surface area contributed by atoms with Crippen LogP contribution in [0, 0.1) is 6.92 Å². The molecule has 0 bridgehead atoms. The fraction of sp³-hybridized carbons (Fsp3) is 0.353. The van der Waals surface area contributed by atoms with Crippen LogP contribution < -0.4 is 4.74 Å². The minimum atomic E-state index is -0.970. The molecule has 24 heavy (non-hydrogen) atoms. The summed E-state index contributed by atoms with van der Waals surface area (Å²) in [6.07, 6.45) is 1.17. The number of nitrogens with zero attached hydrogens (tertiary/aromatic N) is 2. The molecule has 1 fully saturated rings. The lowest BCUT2D eigenvalue weighted by atomic mass is 10.2. The third-order valence-electron chi connectivity index (χ3n) is 4.23. The molecule has 1 atom stereocenters. The second-order valence-corrected chi connectivity index (χ2v) is 5.79. The molecule has 1 unspecified atom stereocenters. The summed E-state index contributed by atoms with van der Waals surface area (Å²) in [5, 5.41) is 9.25. The Labute approximate surface area is 139 Å². The number of likely N-dealkylation sites (tertiary alicyclic amines) is 1. The van der Waals surface area contributed by atoms with E-state index >= 15 is 0 Å². The van der Waals surface area contributed by atoms with E-state index in [4.69, 9.17) is 4.74 Å². The number of carbonyl (C=O) groups is 2. The van der Waals surface area contributed by atoms with Gasteiger partial charge in [0, 0.05) is 17.8 Å². The number of carboxylic acids is 1. The number of hydrogen-bond donors (Lipinski definition) is 2. The van der Waals surface area contributed by atoms with Crippen LogP contribution in [0.3, 0.4) is 0 Å². The Morgan fingerprint density at radius 3 is 2.92 bits per heavy atom. The van der Waals surface area contributed by atoms with Crippen LogP contribution in [0.4, 0.5) is 0 Å². The monoisotopic (exact) mass is 329 g/mol. The number of carboxylic acid groups (broad SMARTS) is 1. The van der Waals surface area contributed by atoms with Gasteiger partial charge in [0.2, 0.25) is 0 Å². The summed E-state index contributed by atoms with van der Waals surface area (Å²) in [7, 11) is 1.58. The summed E-state index contributed by atoms with van der Waals surface area (Å²) in [5.41, 5.74) is 1.68. The highest BCUT2D eigenvalue weighted by atomic mass is 16.5. The number of H-pyrrole nitrogens is 1. The number of carbonyl (C=O) groups excluding carboxylic acids is 1. The molecule has 0 aliphatic carbocycles. The molecule has 1 aromatic carbocycles. The normalized spacial score (nSPS) is 17.1. The van der Waals surface area contributed by atoms with E-state index in [-0.39, 0.29) is 11.6 Å². The first-order chi connectivity index (χ1) is 11.5. The number of methoxy groups -OCH3 is 1. The Morgan fingerprint density at radius 1 is 1.42 bits per heavy atom. The molecule has 126 valence electrons. The van der Waals surface area contributed by atoms with Crippen molar-refractivity contribution in [2.45, 2.75) is 25.8 Å². The fourth-order valence-corrected chi connectivity index (χ4v) is 2.98. The lowest BCUT2D eigenvalue weighted by Crippen LogP contribution is -2.40. The van der Waals surface area contributed by atoms with Crippen LogP contribution >= 0.6 is 0 Å². The predicted octanol–water partition coefficient (Wildman–Crippen LogP) is 2.08. The number of aromatic amines is 1. The molecule has 1 aromatic heterocycles. The number of hydrogen-bond acceptors (Lipinski definition) is 4. The average molecular weight is 329 g/mol. The first-order valence-electron chi connectivity index (χ1n) is 7.76. The van der Waals surface area contributed by atoms with Gasteiger partial charge in [0.25, 0.3) is 5.91 Å². The number of ether oxygens (including phenoxy) is 1. The van der Waals surface area contributed by atoms with Crippen LogP contribution in [0.15, 0.2) is 24.3 Å². The average Bonchev–Trinajstić information content (AvgIpc) is 3.21. The van der Waals surface area contributed by atoms with Gasteiger partial charge in [-0.15, -0.1) is 0 Å². The van der Waals surface area contributed by atoms with Gasteiger partial charge in [-0.2, -0.15) is 0 Å². The second kappa shape index (κ2) is 6.35. The van der Waals surface area contributed by atoms with E-state index < -0.39 is 12.0 Å². The van der Waals surface area contributed by atoms with Gasteiger partial charge < -0.3 is 19.7 Å². The molecule has 3 rings (SSSR count). The highest BCUT2D eigenvalue weighted by Crippen LogP contribution is 2.25. The van der Waals surface area contributed by atoms with Gasteiger partial charge in [-0.25, -0.2) is 9.78 Å². The Balaban J connectivity index is 1.91. The number of aryl methyl sites for hydroxylation is 1. The smallest absolute Gasteiger partial charge is 0.326 e. The zero-order chi connectivity index (χ0) is 17.3. The maximum atomic E-state index is 12.7. The van der Waals surface area contributed by atoms with Gasteiger partial charge in [-0.05, 0) is 31.9 Å². The van der Waals surface area contributed by atoms with Crippen molar-refractivity contribution < 1.29 is 19.4 Å². The van der Waals surface area contributed by atoms with Crippen molar-refractivity contribution in [3.8, 4) is 17.1 Å². The molecule has 0 saturated carbocycles. The first-order valence-corrected chi connectivity index (χ1v) is 7.76. The van der Waals surface area contributed by atoms with E-state index in [1.807, 2.05) is 24.3 Å². The highest BCUT2D eigenvalue weighted by Gasteiger charge is 2.36. The molecule has 1 saturated heterocycles. The number of benzene rings is 1. The zero-order valence-corrected chi connectivity index (χ0v) is 13.6. The molecule has 2 heterocycles. The molecular formula is C17H19N3O4. The van der Waals surface area contributed by atoms with Crippen LogP contribution in [-0.4, -0.2) is 51.5 Å². The number of aromatic nitrogens is 2. The summed E-state index contributed by atoms with van der Waals surface area (Å²) in [6, 6.07) is 6.59. The van der Waals surface area contributed by atoms with E-state index in [2.05, 4.69) is 9.97 Å². The molecule has 1 aliphatic rings. The topological polar surface area (TPSA) is 95.5 Å². The number of amides is 1. The Bertz CT molecular complexity index is 784. The maximum Gasteiger partial charge on any atom is 0.326 e. The van der Waals surface area contributed by atoms with Crippen molar-refractivity contribution in [2.24, 2.45) is 0 Å². The second-order valence-electron chi connectivity index (χ2n) is 5.79. The van der Waals surface area contributed by atoms with Gasteiger partial charge in [0.05, 0.1) is 7.11 Å². The standard InChI is InChI=1S/C17H19N3O4/c1-10-14(16(21)20-8-4-7-13(20)17(22)23)19-15(18-10)11-5-3-6-12(9-11)24-2/h3,5-6,9,13H,4,7-8H2,1-2H3,(H,18,19)(H,22,23). The fourth-order valence-electron chi connectivity index (χ4n) is 2.98. The summed E-state index contributed by atoms with van der Waals surface area (Å²) >= 11 is 0. The van der Waals surface area contributed by atoms with Gasteiger partial charge in [0.15, 0.2) is 0 Å². The van der Waals surface area contributed by atoms with E-state index in [1.165, 1.54) is 4.90 Å². The molecular weight excluding hydrogens is 310 g/mol. The molecule has 0 spiro atoms. The van der Waals surface area contributed by atoms with Crippen molar-refractivity contribution in [1.82, 2.24) is 14.9 Å². The molecule has 7 heteroatoms.